The van der Waals surface area contributed by atoms with Crippen molar-refractivity contribution in [2.24, 2.45) is 0 Å². The third kappa shape index (κ3) is 2.94. The number of aromatic nitrogens is 1. The molecule has 0 amide bonds. The van der Waals surface area contributed by atoms with Crippen LogP contribution in [0.1, 0.15) is 10.5 Å². The Hall–Kier alpha value is -1.86. The molecule has 0 radical (unpaired) electrons. The molecular formula is C12H17N3O4. The van der Waals surface area contributed by atoms with Crippen LogP contribution in [0.3, 0.4) is 0 Å². The lowest BCUT2D eigenvalue weighted by Crippen LogP contribution is -2.44. The van der Waals surface area contributed by atoms with Crippen LogP contribution < -0.4 is 10.6 Å². The number of nitrogens with two attached hydrogens (primary N) is 1. The number of morpholine rings is 1. The van der Waals surface area contributed by atoms with E-state index in [-0.39, 0.29) is 18.4 Å². The largest absolute Gasteiger partial charge is 0.464 e. The average Bonchev–Trinajstić information content (AvgIpc) is 2.47. The topological polar surface area (TPSA) is 97.9 Å². The van der Waals surface area contributed by atoms with Gasteiger partial charge in [0.05, 0.1) is 32.1 Å². The van der Waals surface area contributed by atoms with Gasteiger partial charge in [0.15, 0.2) is 11.5 Å². The lowest BCUT2D eigenvalue weighted by atomic mass is 10.2. The normalized spacial score (nSPS) is 19.3. The molecule has 1 aliphatic heterocycles. The second-order valence-electron chi connectivity index (χ2n) is 4.22. The van der Waals surface area contributed by atoms with Crippen LogP contribution in [0.5, 0.6) is 0 Å². The van der Waals surface area contributed by atoms with Gasteiger partial charge in [0.1, 0.15) is 0 Å². The van der Waals surface area contributed by atoms with Gasteiger partial charge in [-0.05, 0) is 12.1 Å². The number of aliphatic hydroxyl groups excluding tert-OH is 1. The predicted octanol–water partition coefficient (Wildman–Crippen LogP) is -0.352. The number of anilines is 2. The molecule has 104 valence electrons. The van der Waals surface area contributed by atoms with E-state index in [1.165, 1.54) is 13.2 Å². The van der Waals surface area contributed by atoms with Crippen molar-refractivity contribution in [2.45, 2.75) is 6.10 Å². The molecule has 1 aliphatic rings. The van der Waals surface area contributed by atoms with Crippen molar-refractivity contribution in [3.05, 3.63) is 17.8 Å². The van der Waals surface area contributed by atoms with E-state index >= 15 is 0 Å². The fourth-order valence-electron chi connectivity index (χ4n) is 1.95. The SMILES string of the molecule is COC(=O)c1ccc(N)c(N2CCOC(CO)C2)n1. The van der Waals surface area contributed by atoms with Crippen molar-refractivity contribution in [3.8, 4) is 0 Å². The quantitative estimate of drug-likeness (QED) is 0.722. The first-order valence-corrected chi connectivity index (χ1v) is 5.98. The average molecular weight is 267 g/mol. The van der Waals surface area contributed by atoms with E-state index in [9.17, 15) is 4.79 Å². The molecule has 0 aromatic carbocycles. The fourth-order valence-corrected chi connectivity index (χ4v) is 1.95. The summed E-state index contributed by atoms with van der Waals surface area (Å²) in [4.78, 5) is 17.6. The first-order valence-electron chi connectivity index (χ1n) is 5.98. The van der Waals surface area contributed by atoms with E-state index < -0.39 is 5.97 Å². The van der Waals surface area contributed by atoms with E-state index in [0.717, 1.165) is 0 Å². The Morgan fingerprint density at radius 3 is 3.16 bits per heavy atom. The number of methoxy groups -OCH3 is 1. The highest BCUT2D eigenvalue weighted by Crippen LogP contribution is 2.23. The van der Waals surface area contributed by atoms with Gasteiger partial charge in [-0.1, -0.05) is 0 Å². The van der Waals surface area contributed by atoms with Crippen LogP contribution in [0.15, 0.2) is 12.1 Å². The minimum Gasteiger partial charge on any atom is -0.464 e. The van der Waals surface area contributed by atoms with Gasteiger partial charge >= 0.3 is 5.97 Å². The van der Waals surface area contributed by atoms with Crippen molar-refractivity contribution >= 4 is 17.5 Å². The molecule has 0 aliphatic carbocycles. The Kier molecular flexibility index (Phi) is 4.18. The number of hydrogen-bond donors (Lipinski definition) is 2. The minimum absolute atomic E-state index is 0.0624. The number of nitrogen functional groups attached to an aromatic ring is 1. The van der Waals surface area contributed by atoms with E-state index in [4.69, 9.17) is 15.6 Å². The van der Waals surface area contributed by atoms with E-state index in [1.807, 2.05) is 4.90 Å². The van der Waals surface area contributed by atoms with E-state index in [2.05, 4.69) is 9.72 Å². The van der Waals surface area contributed by atoms with Crippen LogP contribution in [0.2, 0.25) is 0 Å². The molecule has 1 aromatic heterocycles. The lowest BCUT2D eigenvalue weighted by Gasteiger charge is -2.33. The number of aliphatic hydroxyl groups is 1. The first-order chi connectivity index (χ1) is 9.15. The molecular weight excluding hydrogens is 250 g/mol. The number of carbonyl (C=O) groups excluding carboxylic acids is 1. The molecule has 1 aromatic rings. The number of hydrogen-bond acceptors (Lipinski definition) is 7. The van der Waals surface area contributed by atoms with Gasteiger partial charge in [-0.25, -0.2) is 9.78 Å². The third-order valence-electron chi connectivity index (χ3n) is 2.94. The summed E-state index contributed by atoms with van der Waals surface area (Å²) in [6.07, 6.45) is -0.267. The maximum atomic E-state index is 11.5. The summed E-state index contributed by atoms with van der Waals surface area (Å²) in [5.41, 5.74) is 6.57. The Labute approximate surface area is 110 Å². The number of pyridine rings is 1. The molecule has 7 nitrogen and oxygen atoms in total. The zero-order valence-corrected chi connectivity index (χ0v) is 10.7. The van der Waals surface area contributed by atoms with Gasteiger partial charge in [0.25, 0.3) is 0 Å². The molecule has 2 rings (SSSR count). The molecule has 19 heavy (non-hydrogen) atoms. The van der Waals surface area contributed by atoms with Crippen molar-refractivity contribution < 1.29 is 19.4 Å². The number of rotatable bonds is 3. The predicted molar refractivity (Wildman–Crippen MR) is 69.0 cm³/mol. The Balaban J connectivity index is 2.25. The molecule has 0 saturated carbocycles. The first kappa shape index (κ1) is 13.6. The number of esters is 1. The monoisotopic (exact) mass is 267 g/mol. The summed E-state index contributed by atoms with van der Waals surface area (Å²) < 4.78 is 10.0. The van der Waals surface area contributed by atoms with Crippen LogP contribution in [0.4, 0.5) is 11.5 Å². The highest BCUT2D eigenvalue weighted by molar-refractivity contribution is 5.88. The zero-order chi connectivity index (χ0) is 13.8. The van der Waals surface area contributed by atoms with Gasteiger partial charge in [0.2, 0.25) is 0 Å². The second kappa shape index (κ2) is 5.85. The van der Waals surface area contributed by atoms with Crippen LogP contribution in [-0.4, -0.2) is 55.6 Å². The molecule has 2 heterocycles. The third-order valence-corrected chi connectivity index (χ3v) is 2.94. The zero-order valence-electron chi connectivity index (χ0n) is 10.7. The number of ether oxygens (including phenoxy) is 2. The fraction of sp³-hybridized carbons (Fsp3) is 0.500. The Bertz CT molecular complexity index is 466. The summed E-state index contributed by atoms with van der Waals surface area (Å²) in [5.74, 6) is 0.0119. The van der Waals surface area contributed by atoms with Gasteiger partial charge < -0.3 is 25.2 Å². The molecule has 1 fully saturated rings. The smallest absolute Gasteiger partial charge is 0.356 e. The molecule has 7 heteroatoms. The Morgan fingerprint density at radius 2 is 2.47 bits per heavy atom. The number of carbonyl (C=O) groups is 1. The molecule has 1 saturated heterocycles. The van der Waals surface area contributed by atoms with Crippen molar-refractivity contribution in [3.63, 3.8) is 0 Å². The molecule has 1 unspecified atom stereocenters. The summed E-state index contributed by atoms with van der Waals surface area (Å²) in [6, 6.07) is 3.15. The lowest BCUT2D eigenvalue weighted by molar-refractivity contribution is 0.00339. The second-order valence-corrected chi connectivity index (χ2v) is 4.22. The van der Waals surface area contributed by atoms with Crippen molar-refractivity contribution in [1.29, 1.82) is 0 Å². The number of nitrogens with zero attached hydrogens (tertiary/aromatic N) is 2. The Morgan fingerprint density at radius 1 is 1.68 bits per heavy atom. The summed E-state index contributed by atoms with van der Waals surface area (Å²) in [5, 5.41) is 9.13. The standard InChI is InChI=1S/C12H17N3O4/c1-18-12(17)10-3-2-9(13)11(14-10)15-4-5-19-8(6-15)7-16/h2-3,8,16H,4-7,13H2,1H3. The summed E-state index contributed by atoms with van der Waals surface area (Å²) in [7, 11) is 1.30. The van der Waals surface area contributed by atoms with E-state index in [1.54, 1.807) is 6.07 Å². The maximum Gasteiger partial charge on any atom is 0.356 e. The molecule has 1 atom stereocenters. The van der Waals surface area contributed by atoms with Crippen molar-refractivity contribution in [2.75, 3.05) is 44.0 Å². The van der Waals surface area contributed by atoms with Crippen LogP contribution >= 0.6 is 0 Å². The highest BCUT2D eigenvalue weighted by Gasteiger charge is 2.23. The highest BCUT2D eigenvalue weighted by atomic mass is 16.5. The van der Waals surface area contributed by atoms with Crippen LogP contribution in [-0.2, 0) is 9.47 Å². The van der Waals surface area contributed by atoms with Gasteiger partial charge in [0, 0.05) is 13.1 Å². The minimum atomic E-state index is -0.506. The van der Waals surface area contributed by atoms with Crippen molar-refractivity contribution in [1.82, 2.24) is 4.98 Å². The maximum absolute atomic E-state index is 11.5. The van der Waals surface area contributed by atoms with E-state index in [0.29, 0.717) is 31.2 Å². The molecule has 0 bridgehead atoms. The summed E-state index contributed by atoms with van der Waals surface area (Å²) in [6.45, 7) is 1.51. The van der Waals surface area contributed by atoms with Crippen LogP contribution in [0.25, 0.3) is 0 Å². The van der Waals surface area contributed by atoms with Gasteiger partial charge in [-0.3, -0.25) is 0 Å². The molecule has 3 N–H and O–H groups in total. The summed E-state index contributed by atoms with van der Waals surface area (Å²) >= 11 is 0. The van der Waals surface area contributed by atoms with Crippen LogP contribution in [0, 0.1) is 0 Å². The van der Waals surface area contributed by atoms with Gasteiger partial charge in [-0.15, -0.1) is 0 Å². The van der Waals surface area contributed by atoms with Gasteiger partial charge in [-0.2, -0.15) is 0 Å². The molecule has 0 spiro atoms.